The summed E-state index contributed by atoms with van der Waals surface area (Å²) < 4.78 is 21.6. The lowest BCUT2D eigenvalue weighted by Crippen LogP contribution is -2.47. The van der Waals surface area contributed by atoms with Gasteiger partial charge >= 0.3 is 0 Å². The van der Waals surface area contributed by atoms with Crippen molar-refractivity contribution in [3.8, 4) is 0 Å². The van der Waals surface area contributed by atoms with Crippen molar-refractivity contribution in [1.29, 1.82) is 0 Å². The van der Waals surface area contributed by atoms with Gasteiger partial charge in [0.25, 0.3) is 0 Å². The van der Waals surface area contributed by atoms with E-state index in [-0.39, 0.29) is 18.3 Å². The fourth-order valence-electron chi connectivity index (χ4n) is 1.89. The van der Waals surface area contributed by atoms with Crippen LogP contribution in [0.2, 0.25) is 0 Å². The van der Waals surface area contributed by atoms with E-state index < -0.39 is 0 Å². The van der Waals surface area contributed by atoms with E-state index in [9.17, 15) is 0 Å². The van der Waals surface area contributed by atoms with E-state index in [1.165, 1.54) is 0 Å². The third-order valence-electron chi connectivity index (χ3n) is 2.65. The van der Waals surface area contributed by atoms with Gasteiger partial charge in [-0.05, 0) is 12.8 Å². The number of methoxy groups -OCH3 is 1. The lowest BCUT2D eigenvalue weighted by molar-refractivity contribution is -0.259. The summed E-state index contributed by atoms with van der Waals surface area (Å²) in [6.07, 6.45) is 3.32. The Hall–Kier alpha value is -0.160. The summed E-state index contributed by atoms with van der Waals surface area (Å²) in [5.74, 6) is 0. The monoisotopic (exact) mass is 218 g/mol. The molecule has 1 aliphatic rings. The van der Waals surface area contributed by atoms with Crippen LogP contribution in [-0.4, -0.2) is 39.0 Å². The summed E-state index contributed by atoms with van der Waals surface area (Å²) in [5.41, 5.74) is 0. The van der Waals surface area contributed by atoms with Crippen LogP contribution in [0.5, 0.6) is 0 Å². The fourth-order valence-corrected chi connectivity index (χ4v) is 1.89. The molecule has 0 saturated carbocycles. The van der Waals surface area contributed by atoms with Gasteiger partial charge in [-0.3, -0.25) is 0 Å². The predicted molar refractivity (Wildman–Crippen MR) is 56.6 cm³/mol. The zero-order chi connectivity index (χ0) is 11.1. The molecular weight excluding hydrogens is 196 g/mol. The molecule has 3 atom stereocenters. The topological polar surface area (TPSA) is 36.9 Å². The lowest BCUT2D eigenvalue weighted by Gasteiger charge is -2.37. The van der Waals surface area contributed by atoms with E-state index in [2.05, 4.69) is 13.8 Å². The molecule has 0 bridgehead atoms. The normalized spacial score (nSPS) is 31.8. The standard InChI is InChI=1S/C11H22O4/c1-4-6-10-11(15-7-12-3)9(5-2)13-8-14-10/h9-11H,4-8H2,1-3H3/t9-,10?,11?/m1/s1. The average molecular weight is 218 g/mol. The third-order valence-corrected chi connectivity index (χ3v) is 2.65. The molecule has 0 amide bonds. The van der Waals surface area contributed by atoms with E-state index in [1.807, 2.05) is 0 Å². The van der Waals surface area contributed by atoms with Gasteiger partial charge in [0.05, 0.1) is 12.2 Å². The summed E-state index contributed by atoms with van der Waals surface area (Å²) in [6, 6.07) is 0. The molecule has 0 aromatic heterocycles. The van der Waals surface area contributed by atoms with E-state index in [0.29, 0.717) is 13.6 Å². The first kappa shape index (κ1) is 12.9. The van der Waals surface area contributed by atoms with E-state index >= 15 is 0 Å². The van der Waals surface area contributed by atoms with Crippen molar-refractivity contribution in [3.63, 3.8) is 0 Å². The molecule has 4 heteroatoms. The minimum absolute atomic E-state index is 0.00338. The van der Waals surface area contributed by atoms with Gasteiger partial charge in [-0.25, -0.2) is 0 Å². The minimum atomic E-state index is 0.00338. The van der Waals surface area contributed by atoms with Crippen LogP contribution in [0.4, 0.5) is 0 Å². The first-order chi connectivity index (χ1) is 7.33. The van der Waals surface area contributed by atoms with E-state index in [1.54, 1.807) is 7.11 Å². The van der Waals surface area contributed by atoms with Gasteiger partial charge in [-0.15, -0.1) is 0 Å². The van der Waals surface area contributed by atoms with Crippen molar-refractivity contribution >= 4 is 0 Å². The second-order valence-corrected chi connectivity index (χ2v) is 3.76. The van der Waals surface area contributed by atoms with Crippen LogP contribution in [0, 0.1) is 0 Å². The maximum Gasteiger partial charge on any atom is 0.147 e. The quantitative estimate of drug-likeness (QED) is 0.638. The maximum absolute atomic E-state index is 5.63. The molecule has 0 aromatic rings. The van der Waals surface area contributed by atoms with E-state index in [0.717, 1.165) is 19.3 Å². The molecule has 1 fully saturated rings. The number of ether oxygens (including phenoxy) is 4. The molecule has 1 heterocycles. The first-order valence-corrected chi connectivity index (χ1v) is 5.67. The Kier molecular flexibility index (Phi) is 6.17. The van der Waals surface area contributed by atoms with Crippen LogP contribution in [-0.2, 0) is 18.9 Å². The van der Waals surface area contributed by atoms with Gasteiger partial charge < -0.3 is 18.9 Å². The van der Waals surface area contributed by atoms with Gasteiger partial charge in [0.1, 0.15) is 19.7 Å². The van der Waals surface area contributed by atoms with Crippen LogP contribution in [0.3, 0.4) is 0 Å². The Balaban J connectivity index is 2.50. The molecule has 0 N–H and O–H groups in total. The number of hydrogen-bond donors (Lipinski definition) is 0. The molecule has 90 valence electrons. The van der Waals surface area contributed by atoms with E-state index in [4.69, 9.17) is 18.9 Å². The Morgan fingerprint density at radius 2 is 1.93 bits per heavy atom. The van der Waals surface area contributed by atoms with Crippen molar-refractivity contribution in [1.82, 2.24) is 0 Å². The summed E-state index contributed by atoms with van der Waals surface area (Å²) in [7, 11) is 1.63. The average Bonchev–Trinajstić information content (AvgIpc) is 2.27. The molecular formula is C11H22O4. The molecule has 1 rings (SSSR count). The van der Waals surface area contributed by atoms with Crippen molar-refractivity contribution < 1.29 is 18.9 Å². The van der Waals surface area contributed by atoms with Crippen molar-refractivity contribution in [2.24, 2.45) is 0 Å². The fraction of sp³-hybridized carbons (Fsp3) is 1.00. The van der Waals surface area contributed by atoms with Gasteiger partial charge in [0.15, 0.2) is 0 Å². The maximum atomic E-state index is 5.63. The highest BCUT2D eigenvalue weighted by Crippen LogP contribution is 2.23. The molecule has 0 aromatic carbocycles. The highest BCUT2D eigenvalue weighted by Gasteiger charge is 2.34. The highest BCUT2D eigenvalue weighted by atomic mass is 16.7. The molecule has 0 aliphatic carbocycles. The van der Waals surface area contributed by atoms with Crippen molar-refractivity contribution in [2.45, 2.75) is 51.4 Å². The Labute approximate surface area is 91.8 Å². The molecule has 15 heavy (non-hydrogen) atoms. The summed E-state index contributed by atoms with van der Waals surface area (Å²) in [5, 5.41) is 0. The second-order valence-electron chi connectivity index (χ2n) is 3.76. The van der Waals surface area contributed by atoms with Crippen LogP contribution in [0.15, 0.2) is 0 Å². The first-order valence-electron chi connectivity index (χ1n) is 5.67. The lowest BCUT2D eigenvalue weighted by atomic mass is 10.0. The second kappa shape index (κ2) is 7.17. The summed E-state index contributed by atoms with van der Waals surface area (Å²) in [6.45, 7) is 4.93. The number of rotatable bonds is 6. The molecule has 0 radical (unpaired) electrons. The number of hydrogen-bond acceptors (Lipinski definition) is 4. The SMILES string of the molecule is CCCC1OCO[C@H](CC)C1OCOC. The highest BCUT2D eigenvalue weighted by molar-refractivity contribution is 4.80. The third kappa shape index (κ3) is 3.72. The molecule has 2 unspecified atom stereocenters. The van der Waals surface area contributed by atoms with Gasteiger partial charge in [-0.2, -0.15) is 0 Å². The van der Waals surface area contributed by atoms with Crippen LogP contribution < -0.4 is 0 Å². The minimum Gasteiger partial charge on any atom is -0.359 e. The van der Waals surface area contributed by atoms with Crippen molar-refractivity contribution in [3.05, 3.63) is 0 Å². The predicted octanol–water partition coefficient (Wildman–Crippen LogP) is 1.93. The molecule has 1 aliphatic heterocycles. The Morgan fingerprint density at radius 1 is 1.20 bits per heavy atom. The molecule has 1 saturated heterocycles. The zero-order valence-electron chi connectivity index (χ0n) is 9.90. The van der Waals surface area contributed by atoms with Gasteiger partial charge in [0.2, 0.25) is 0 Å². The van der Waals surface area contributed by atoms with Crippen LogP contribution in [0.25, 0.3) is 0 Å². The van der Waals surface area contributed by atoms with Crippen LogP contribution >= 0.6 is 0 Å². The van der Waals surface area contributed by atoms with Gasteiger partial charge in [-0.1, -0.05) is 20.3 Å². The Morgan fingerprint density at radius 3 is 2.53 bits per heavy atom. The smallest absolute Gasteiger partial charge is 0.147 e. The van der Waals surface area contributed by atoms with Crippen molar-refractivity contribution in [2.75, 3.05) is 20.7 Å². The Bertz CT molecular complexity index is 161. The molecule has 4 nitrogen and oxygen atoms in total. The molecule has 0 spiro atoms. The summed E-state index contributed by atoms with van der Waals surface area (Å²) >= 11 is 0. The van der Waals surface area contributed by atoms with Gasteiger partial charge in [0, 0.05) is 7.11 Å². The van der Waals surface area contributed by atoms with Crippen LogP contribution in [0.1, 0.15) is 33.1 Å². The summed E-state index contributed by atoms with van der Waals surface area (Å²) in [4.78, 5) is 0. The zero-order valence-corrected chi connectivity index (χ0v) is 9.90. The largest absolute Gasteiger partial charge is 0.359 e.